The lowest BCUT2D eigenvalue weighted by molar-refractivity contribution is -0.141. The van der Waals surface area contributed by atoms with Crippen LogP contribution in [0.2, 0.25) is 0 Å². The Morgan fingerprint density at radius 3 is 2.77 bits per heavy atom. The van der Waals surface area contributed by atoms with Gasteiger partial charge in [-0.15, -0.1) is 0 Å². The number of ether oxygens (including phenoxy) is 1. The zero-order valence-electron chi connectivity index (χ0n) is 8.32. The van der Waals surface area contributed by atoms with Crippen molar-refractivity contribution in [1.29, 1.82) is 0 Å². The number of carbonyl (C=O) groups excluding carboxylic acids is 1. The number of carbonyl (C=O) groups is 1. The van der Waals surface area contributed by atoms with Crippen LogP contribution in [0.25, 0.3) is 0 Å². The first kappa shape index (κ1) is 10.5. The smallest absolute Gasteiger partial charge is 0.251 e. The van der Waals surface area contributed by atoms with E-state index in [-0.39, 0.29) is 18.1 Å². The third-order valence-corrected chi connectivity index (χ3v) is 2.35. The molecular formula is C9H18N2O2. The van der Waals surface area contributed by atoms with Gasteiger partial charge in [0.25, 0.3) is 5.91 Å². The Kier molecular flexibility index (Phi) is 3.69. The van der Waals surface area contributed by atoms with Crippen LogP contribution in [0.3, 0.4) is 0 Å². The van der Waals surface area contributed by atoms with E-state index in [2.05, 4.69) is 0 Å². The molecule has 0 aliphatic carbocycles. The van der Waals surface area contributed by atoms with Crippen LogP contribution < -0.4 is 5.73 Å². The van der Waals surface area contributed by atoms with Crippen LogP contribution in [0.5, 0.6) is 0 Å². The van der Waals surface area contributed by atoms with Gasteiger partial charge in [-0.3, -0.25) is 4.79 Å². The Morgan fingerprint density at radius 1 is 1.62 bits per heavy atom. The van der Waals surface area contributed by atoms with E-state index >= 15 is 0 Å². The number of nitrogens with two attached hydrogens (primary N) is 1. The summed E-state index contributed by atoms with van der Waals surface area (Å²) in [6.07, 6.45) is 1.81. The number of amides is 1. The second kappa shape index (κ2) is 4.58. The van der Waals surface area contributed by atoms with Crippen LogP contribution in [-0.2, 0) is 9.53 Å². The predicted molar refractivity (Wildman–Crippen MR) is 50.3 cm³/mol. The molecule has 0 radical (unpaired) electrons. The standard InChI is InChI=1S/C9H18N2O2/c1-7-3-4-8(13-7)9(12)11(2)6-5-10/h7-8H,3-6,10H2,1-2H3. The van der Waals surface area contributed by atoms with Gasteiger partial charge in [0.1, 0.15) is 6.10 Å². The summed E-state index contributed by atoms with van der Waals surface area (Å²) in [6, 6.07) is 0. The Morgan fingerprint density at radius 2 is 2.31 bits per heavy atom. The molecule has 0 aromatic rings. The molecule has 2 atom stereocenters. The van der Waals surface area contributed by atoms with Crippen molar-refractivity contribution >= 4 is 5.91 Å². The molecule has 0 aromatic heterocycles. The van der Waals surface area contributed by atoms with Crippen LogP contribution in [0.15, 0.2) is 0 Å². The predicted octanol–water partition coefficient (Wildman–Crippen LogP) is -0.0290. The minimum Gasteiger partial charge on any atom is -0.365 e. The van der Waals surface area contributed by atoms with E-state index in [1.165, 1.54) is 0 Å². The summed E-state index contributed by atoms with van der Waals surface area (Å²) in [4.78, 5) is 13.3. The summed E-state index contributed by atoms with van der Waals surface area (Å²) in [5.41, 5.74) is 5.36. The molecule has 4 nitrogen and oxygen atoms in total. The summed E-state index contributed by atoms with van der Waals surface area (Å²) in [7, 11) is 1.77. The number of rotatable bonds is 3. The van der Waals surface area contributed by atoms with Crippen LogP contribution in [0.1, 0.15) is 19.8 Å². The number of nitrogens with zero attached hydrogens (tertiary/aromatic N) is 1. The van der Waals surface area contributed by atoms with Crippen molar-refractivity contribution in [2.45, 2.75) is 32.0 Å². The largest absolute Gasteiger partial charge is 0.365 e. The van der Waals surface area contributed by atoms with E-state index < -0.39 is 0 Å². The van der Waals surface area contributed by atoms with Crippen molar-refractivity contribution in [1.82, 2.24) is 4.90 Å². The Balaban J connectivity index is 2.38. The van der Waals surface area contributed by atoms with Gasteiger partial charge in [0.05, 0.1) is 6.10 Å². The summed E-state index contributed by atoms with van der Waals surface area (Å²) < 4.78 is 5.46. The Hall–Kier alpha value is -0.610. The molecule has 1 heterocycles. The van der Waals surface area contributed by atoms with Gasteiger partial charge in [0.2, 0.25) is 0 Å². The van der Waals surface area contributed by atoms with Gasteiger partial charge >= 0.3 is 0 Å². The maximum atomic E-state index is 11.6. The van der Waals surface area contributed by atoms with Crippen molar-refractivity contribution in [3.8, 4) is 0 Å². The number of hydrogen-bond donors (Lipinski definition) is 1. The van der Waals surface area contributed by atoms with Gasteiger partial charge in [-0.1, -0.05) is 0 Å². The fraction of sp³-hybridized carbons (Fsp3) is 0.889. The summed E-state index contributed by atoms with van der Waals surface area (Å²) in [5, 5.41) is 0. The summed E-state index contributed by atoms with van der Waals surface area (Å²) in [6.45, 7) is 3.10. The Labute approximate surface area is 79.0 Å². The molecule has 2 unspecified atom stereocenters. The quantitative estimate of drug-likeness (QED) is 0.673. The topological polar surface area (TPSA) is 55.6 Å². The zero-order chi connectivity index (χ0) is 9.84. The minimum atomic E-state index is -0.230. The van der Waals surface area contributed by atoms with Gasteiger partial charge in [-0.25, -0.2) is 0 Å². The highest BCUT2D eigenvalue weighted by atomic mass is 16.5. The summed E-state index contributed by atoms with van der Waals surface area (Å²) >= 11 is 0. The van der Waals surface area contributed by atoms with Crippen LogP contribution in [0, 0.1) is 0 Å². The van der Waals surface area contributed by atoms with Gasteiger partial charge < -0.3 is 15.4 Å². The summed E-state index contributed by atoms with van der Waals surface area (Å²) in [5.74, 6) is 0.0646. The molecule has 1 aliphatic heterocycles. The first-order valence-electron chi connectivity index (χ1n) is 4.75. The van der Waals surface area contributed by atoms with Gasteiger partial charge in [-0.2, -0.15) is 0 Å². The van der Waals surface area contributed by atoms with Gasteiger partial charge in [0, 0.05) is 20.1 Å². The number of hydrogen-bond acceptors (Lipinski definition) is 3. The first-order chi connectivity index (χ1) is 6.15. The highest BCUT2D eigenvalue weighted by molar-refractivity contribution is 5.80. The highest BCUT2D eigenvalue weighted by Gasteiger charge is 2.29. The van der Waals surface area contributed by atoms with E-state index in [1.54, 1.807) is 11.9 Å². The molecule has 0 spiro atoms. The van der Waals surface area contributed by atoms with E-state index in [9.17, 15) is 4.79 Å². The molecule has 1 rings (SSSR count). The lowest BCUT2D eigenvalue weighted by atomic mass is 10.2. The van der Waals surface area contributed by atoms with E-state index in [0.717, 1.165) is 12.8 Å². The third-order valence-electron chi connectivity index (χ3n) is 2.35. The molecule has 0 saturated carbocycles. The zero-order valence-corrected chi connectivity index (χ0v) is 8.32. The maximum Gasteiger partial charge on any atom is 0.251 e. The molecule has 76 valence electrons. The van der Waals surface area contributed by atoms with Crippen LogP contribution >= 0.6 is 0 Å². The minimum absolute atomic E-state index is 0.0646. The van der Waals surface area contributed by atoms with E-state index in [4.69, 9.17) is 10.5 Å². The molecule has 2 N–H and O–H groups in total. The molecule has 1 saturated heterocycles. The van der Waals surface area contributed by atoms with Crippen molar-refractivity contribution in [2.24, 2.45) is 5.73 Å². The fourth-order valence-corrected chi connectivity index (χ4v) is 1.53. The molecule has 13 heavy (non-hydrogen) atoms. The third kappa shape index (κ3) is 2.67. The Bertz CT molecular complexity index is 184. The second-order valence-corrected chi connectivity index (χ2v) is 3.56. The molecule has 0 aromatic carbocycles. The van der Waals surface area contributed by atoms with Gasteiger partial charge in [0.15, 0.2) is 0 Å². The van der Waals surface area contributed by atoms with Crippen molar-refractivity contribution in [3.05, 3.63) is 0 Å². The molecule has 4 heteroatoms. The molecule has 1 amide bonds. The molecule has 1 aliphatic rings. The van der Waals surface area contributed by atoms with Crippen molar-refractivity contribution in [3.63, 3.8) is 0 Å². The second-order valence-electron chi connectivity index (χ2n) is 3.56. The average Bonchev–Trinajstić information content (AvgIpc) is 2.51. The van der Waals surface area contributed by atoms with Crippen LogP contribution in [-0.4, -0.2) is 43.2 Å². The normalized spacial score (nSPS) is 27.6. The lowest BCUT2D eigenvalue weighted by Gasteiger charge is -2.20. The highest BCUT2D eigenvalue weighted by Crippen LogP contribution is 2.20. The SMILES string of the molecule is CC1CCC(C(=O)N(C)CCN)O1. The van der Waals surface area contributed by atoms with Crippen molar-refractivity contribution in [2.75, 3.05) is 20.1 Å². The van der Waals surface area contributed by atoms with Gasteiger partial charge in [-0.05, 0) is 19.8 Å². The van der Waals surface area contributed by atoms with E-state index in [1.807, 2.05) is 6.92 Å². The molecular weight excluding hydrogens is 168 g/mol. The average molecular weight is 186 g/mol. The maximum absolute atomic E-state index is 11.6. The molecule has 1 fully saturated rings. The fourth-order valence-electron chi connectivity index (χ4n) is 1.53. The van der Waals surface area contributed by atoms with Crippen LogP contribution in [0.4, 0.5) is 0 Å². The lowest BCUT2D eigenvalue weighted by Crippen LogP contribution is -2.39. The van der Waals surface area contributed by atoms with E-state index in [0.29, 0.717) is 13.1 Å². The number of likely N-dealkylation sites (N-methyl/N-ethyl adjacent to an activating group) is 1. The molecule has 0 bridgehead atoms. The monoisotopic (exact) mass is 186 g/mol. The first-order valence-corrected chi connectivity index (χ1v) is 4.75. The van der Waals surface area contributed by atoms with Crippen molar-refractivity contribution < 1.29 is 9.53 Å².